The molecule has 1 aromatic carbocycles. The number of fused-ring (bicyclic) bond motifs is 3. The molecule has 0 N–H and O–H groups in total. The van der Waals surface area contributed by atoms with Gasteiger partial charge in [-0.1, -0.05) is 0 Å². The maximum atomic E-state index is 12.9. The first-order chi connectivity index (χ1) is 14.7. The van der Waals surface area contributed by atoms with Crippen molar-refractivity contribution >= 4 is 26.8 Å². The van der Waals surface area contributed by atoms with E-state index in [0.717, 1.165) is 15.8 Å². The van der Waals surface area contributed by atoms with E-state index < -0.39 is 21.1 Å². The third kappa shape index (κ3) is 2.83. The zero-order chi connectivity index (χ0) is 22.1. The number of hydrogen-bond acceptors (Lipinski definition) is 6. The third-order valence-electron chi connectivity index (χ3n) is 5.96. The van der Waals surface area contributed by atoms with Crippen LogP contribution >= 0.6 is 0 Å². The van der Waals surface area contributed by atoms with Crippen molar-refractivity contribution in [1.29, 1.82) is 0 Å². The van der Waals surface area contributed by atoms with E-state index in [4.69, 9.17) is 4.74 Å². The summed E-state index contributed by atoms with van der Waals surface area (Å²) in [5.41, 5.74) is 1.19. The van der Waals surface area contributed by atoms with E-state index in [1.807, 2.05) is 28.8 Å². The molecule has 4 heterocycles. The zero-order valence-corrected chi connectivity index (χ0v) is 18.1. The minimum absolute atomic E-state index is 0.000635. The molecule has 11 heteroatoms. The van der Waals surface area contributed by atoms with E-state index in [0.29, 0.717) is 17.9 Å². The molecule has 4 aromatic rings. The van der Waals surface area contributed by atoms with Gasteiger partial charge in [0.2, 0.25) is 5.78 Å². The van der Waals surface area contributed by atoms with Crippen LogP contribution in [0.4, 0.5) is 0 Å². The molecule has 0 unspecified atom stereocenters. The van der Waals surface area contributed by atoms with E-state index in [9.17, 15) is 18.0 Å². The minimum atomic E-state index is -3.16. The van der Waals surface area contributed by atoms with Crippen LogP contribution in [0, 0.1) is 0 Å². The fourth-order valence-corrected chi connectivity index (χ4v) is 6.00. The lowest BCUT2D eigenvalue weighted by molar-refractivity contribution is 0.415. The fraction of sp³-hybridized carbons (Fsp3) is 0.350. The van der Waals surface area contributed by atoms with E-state index in [1.165, 1.54) is 11.6 Å². The normalized spacial score (nSPS) is 18.2. The van der Waals surface area contributed by atoms with Crippen LogP contribution in [0.1, 0.15) is 12.5 Å². The summed E-state index contributed by atoms with van der Waals surface area (Å²) in [5, 5.41) is 0. The van der Waals surface area contributed by atoms with Crippen molar-refractivity contribution in [3.8, 4) is 17.0 Å². The summed E-state index contributed by atoms with van der Waals surface area (Å²) in [4.78, 5) is 29.9. The highest BCUT2D eigenvalue weighted by Gasteiger charge is 2.33. The van der Waals surface area contributed by atoms with Crippen molar-refractivity contribution in [1.82, 2.24) is 23.1 Å². The summed E-state index contributed by atoms with van der Waals surface area (Å²) < 4.78 is 35.6. The van der Waals surface area contributed by atoms with Crippen LogP contribution in [0.25, 0.3) is 28.2 Å². The Kier molecular flexibility index (Phi) is 4.16. The van der Waals surface area contributed by atoms with Gasteiger partial charge in [-0.25, -0.2) is 13.2 Å². The molecule has 5 rings (SSSR count). The molecule has 0 spiro atoms. The second-order valence-corrected chi connectivity index (χ2v) is 10.1. The number of methoxy groups -OCH3 is 1. The smallest absolute Gasteiger partial charge is 0.332 e. The number of nitrogens with zero attached hydrogens (tertiary/aromatic N) is 5. The first kappa shape index (κ1) is 19.6. The highest BCUT2D eigenvalue weighted by Crippen LogP contribution is 2.34. The molecule has 10 nitrogen and oxygen atoms in total. The van der Waals surface area contributed by atoms with Crippen LogP contribution in [0.3, 0.4) is 0 Å². The van der Waals surface area contributed by atoms with Crippen molar-refractivity contribution in [2.75, 3.05) is 18.6 Å². The minimum Gasteiger partial charge on any atom is -0.497 e. The number of aryl methyl sites for hydroxylation is 1. The molecule has 0 radical (unpaired) electrons. The van der Waals surface area contributed by atoms with E-state index in [-0.39, 0.29) is 28.7 Å². The average Bonchev–Trinajstić information content (AvgIpc) is 3.41. The molecule has 1 saturated heterocycles. The van der Waals surface area contributed by atoms with Gasteiger partial charge < -0.3 is 9.30 Å². The van der Waals surface area contributed by atoms with Crippen molar-refractivity contribution in [2.45, 2.75) is 12.5 Å². The van der Waals surface area contributed by atoms with Crippen LogP contribution in [0.2, 0.25) is 0 Å². The number of imidazole rings is 2. The van der Waals surface area contributed by atoms with Crippen LogP contribution in [0.5, 0.6) is 5.75 Å². The molecule has 1 aliphatic rings. The summed E-state index contributed by atoms with van der Waals surface area (Å²) in [6, 6.07) is 7.08. The molecule has 162 valence electrons. The summed E-state index contributed by atoms with van der Waals surface area (Å²) in [5.74, 6) is 1.23. The predicted octanol–water partition coefficient (Wildman–Crippen LogP) is 0.722. The molecule has 1 aliphatic heterocycles. The molecule has 31 heavy (non-hydrogen) atoms. The Bertz CT molecular complexity index is 1570. The van der Waals surface area contributed by atoms with Gasteiger partial charge in [0.15, 0.2) is 21.0 Å². The molecule has 1 fully saturated rings. The van der Waals surface area contributed by atoms with Gasteiger partial charge in [0.05, 0.1) is 30.4 Å². The molecule has 0 saturated carbocycles. The molecule has 0 amide bonds. The average molecular weight is 443 g/mol. The van der Waals surface area contributed by atoms with Crippen molar-refractivity contribution < 1.29 is 13.2 Å². The summed E-state index contributed by atoms with van der Waals surface area (Å²) in [6.45, 7) is 0. The molecular weight excluding hydrogens is 422 g/mol. The maximum Gasteiger partial charge on any atom is 0.332 e. The second-order valence-electron chi connectivity index (χ2n) is 7.83. The number of hydrogen-bond donors (Lipinski definition) is 0. The van der Waals surface area contributed by atoms with Gasteiger partial charge in [0.1, 0.15) is 5.75 Å². The SMILES string of the molecule is COc1ccc(-c2cn3c4c(=O)n(C)c(=O)n(C)c4nc3n2[C@@H]2CCS(=O)(=O)C2)cc1. The van der Waals surface area contributed by atoms with E-state index in [2.05, 4.69) is 4.98 Å². The Hall–Kier alpha value is -3.34. The Morgan fingerprint density at radius 3 is 2.42 bits per heavy atom. The molecular formula is C20H21N5O5S. The molecule has 0 bridgehead atoms. The zero-order valence-electron chi connectivity index (χ0n) is 17.3. The highest BCUT2D eigenvalue weighted by molar-refractivity contribution is 7.91. The first-order valence-corrected chi connectivity index (χ1v) is 11.6. The van der Waals surface area contributed by atoms with Gasteiger partial charge in [-0.2, -0.15) is 4.98 Å². The van der Waals surface area contributed by atoms with Crippen molar-refractivity contribution in [2.24, 2.45) is 14.1 Å². The lowest BCUT2D eigenvalue weighted by Gasteiger charge is -2.15. The number of aromatic nitrogens is 5. The van der Waals surface area contributed by atoms with Gasteiger partial charge in [-0.15, -0.1) is 0 Å². The Morgan fingerprint density at radius 2 is 1.81 bits per heavy atom. The van der Waals surface area contributed by atoms with Crippen molar-refractivity contribution in [3.05, 3.63) is 51.3 Å². The van der Waals surface area contributed by atoms with Crippen molar-refractivity contribution in [3.63, 3.8) is 0 Å². The maximum absolute atomic E-state index is 12.9. The van der Waals surface area contributed by atoms with Crippen LogP contribution < -0.4 is 16.0 Å². The topological polar surface area (TPSA) is 110 Å². The summed E-state index contributed by atoms with van der Waals surface area (Å²) >= 11 is 0. The van der Waals surface area contributed by atoms with Crippen LogP contribution in [-0.2, 0) is 23.9 Å². The van der Waals surface area contributed by atoms with Crippen LogP contribution in [0.15, 0.2) is 40.1 Å². The Labute approximate surface area is 176 Å². The number of benzene rings is 1. The van der Waals surface area contributed by atoms with Gasteiger partial charge >= 0.3 is 5.69 Å². The Balaban J connectivity index is 1.87. The highest BCUT2D eigenvalue weighted by atomic mass is 32.2. The molecule has 3 aromatic heterocycles. The fourth-order valence-electron chi connectivity index (χ4n) is 4.30. The van der Waals surface area contributed by atoms with E-state index >= 15 is 0 Å². The quantitative estimate of drug-likeness (QED) is 0.462. The predicted molar refractivity (Wildman–Crippen MR) is 115 cm³/mol. The number of sulfone groups is 1. The van der Waals surface area contributed by atoms with Crippen LogP contribution in [-0.4, -0.2) is 50.1 Å². The number of ether oxygens (including phenoxy) is 1. The first-order valence-electron chi connectivity index (χ1n) is 9.75. The largest absolute Gasteiger partial charge is 0.497 e. The lowest BCUT2D eigenvalue weighted by Crippen LogP contribution is -2.37. The standard InChI is InChI=1S/C20H21N5O5S/c1-22-17-16(18(26)23(2)20(22)27)24-10-15(12-4-6-14(30-3)7-5-12)25(19(24)21-17)13-8-9-31(28,29)11-13/h4-7,10,13H,8-9,11H2,1-3H3/t13-/m1/s1. The molecule has 1 atom stereocenters. The van der Waals surface area contributed by atoms with E-state index in [1.54, 1.807) is 24.8 Å². The van der Waals surface area contributed by atoms with Gasteiger partial charge in [-0.3, -0.25) is 18.3 Å². The van der Waals surface area contributed by atoms with Gasteiger partial charge in [0.25, 0.3) is 5.56 Å². The Morgan fingerprint density at radius 1 is 1.10 bits per heavy atom. The third-order valence-corrected chi connectivity index (χ3v) is 7.71. The molecule has 0 aliphatic carbocycles. The monoisotopic (exact) mass is 443 g/mol. The van der Waals surface area contributed by atoms with Gasteiger partial charge in [0, 0.05) is 25.9 Å². The summed E-state index contributed by atoms with van der Waals surface area (Å²) in [6.07, 6.45) is 2.24. The van der Waals surface area contributed by atoms with Gasteiger partial charge in [-0.05, 0) is 30.7 Å². The number of rotatable bonds is 3. The summed E-state index contributed by atoms with van der Waals surface area (Å²) in [7, 11) is 1.41. The second kappa shape index (κ2) is 6.58. The lowest BCUT2D eigenvalue weighted by atomic mass is 10.1.